The summed E-state index contributed by atoms with van der Waals surface area (Å²) in [5, 5.41) is 5.71. The maximum Gasteiger partial charge on any atom is 0.408 e. The van der Waals surface area contributed by atoms with Crippen molar-refractivity contribution >= 4 is 18.0 Å². The Morgan fingerprint density at radius 1 is 0.435 bits per heavy atom. The molecular formula is C68H82N2O15. The van der Waals surface area contributed by atoms with Crippen LogP contribution in [-0.2, 0) is 106 Å². The zero-order valence-corrected chi connectivity index (χ0v) is 49.7. The Balaban J connectivity index is 1.23. The van der Waals surface area contributed by atoms with Gasteiger partial charge in [-0.05, 0) is 74.9 Å². The predicted molar refractivity (Wildman–Crippen MR) is 317 cm³/mol. The summed E-state index contributed by atoms with van der Waals surface area (Å²) in [5.41, 5.74) is 3.54. The molecule has 2 heterocycles. The van der Waals surface area contributed by atoms with Gasteiger partial charge in [0.25, 0.3) is 0 Å². The molecule has 0 spiro atoms. The molecule has 0 bridgehead atoms. The van der Waals surface area contributed by atoms with E-state index in [9.17, 15) is 14.4 Å². The van der Waals surface area contributed by atoms with E-state index in [1.165, 1.54) is 6.92 Å². The molecule has 0 unspecified atom stereocenters. The topological polar surface area (TPSA) is 186 Å². The van der Waals surface area contributed by atoms with E-state index in [0.29, 0.717) is 0 Å². The summed E-state index contributed by atoms with van der Waals surface area (Å²) in [6.45, 7) is 12.1. The Hall–Kier alpha value is -6.87. The summed E-state index contributed by atoms with van der Waals surface area (Å²) in [6.07, 6.45) is -10.5. The maximum absolute atomic E-state index is 14.0. The van der Waals surface area contributed by atoms with Crippen LogP contribution in [0.25, 0.3) is 0 Å². The smallest absolute Gasteiger partial charge is 0.408 e. The zero-order chi connectivity index (χ0) is 60.0. The first-order valence-electron chi connectivity index (χ1n) is 29.0. The summed E-state index contributed by atoms with van der Waals surface area (Å²) >= 11 is 0. The van der Waals surface area contributed by atoms with Crippen molar-refractivity contribution in [2.24, 2.45) is 0 Å². The Labute approximate surface area is 499 Å². The molecule has 0 aliphatic carbocycles. The lowest BCUT2D eigenvalue weighted by Crippen LogP contribution is -2.69. The van der Waals surface area contributed by atoms with Crippen LogP contribution in [0.1, 0.15) is 81.8 Å². The minimum atomic E-state index is -1.42. The molecule has 2 amide bonds. The third-order valence-corrected chi connectivity index (χ3v) is 13.6. The molecule has 17 nitrogen and oxygen atoms in total. The normalized spacial score (nSPS) is 22.9. The second kappa shape index (κ2) is 32.0. The van der Waals surface area contributed by atoms with Crippen molar-refractivity contribution in [2.45, 2.75) is 167 Å². The first kappa shape index (κ1) is 64.1. The van der Waals surface area contributed by atoms with Crippen molar-refractivity contribution in [1.29, 1.82) is 0 Å². The average Bonchev–Trinajstić information content (AvgIpc) is 2.32. The summed E-state index contributed by atoms with van der Waals surface area (Å²) < 4.78 is 81.0. The van der Waals surface area contributed by atoms with Crippen molar-refractivity contribution < 1.29 is 71.2 Å². The largest absolute Gasteiger partial charge is 0.458 e. The molecule has 17 heteroatoms. The lowest BCUT2D eigenvalue weighted by molar-refractivity contribution is -0.363. The van der Waals surface area contributed by atoms with Gasteiger partial charge in [0.1, 0.15) is 60.0 Å². The van der Waals surface area contributed by atoms with Gasteiger partial charge in [0.15, 0.2) is 18.6 Å². The predicted octanol–water partition coefficient (Wildman–Crippen LogP) is 10.4. The molecule has 454 valence electrons. The van der Waals surface area contributed by atoms with Gasteiger partial charge in [-0.3, -0.25) is 4.79 Å². The molecule has 6 aromatic carbocycles. The molecule has 2 aliphatic rings. The molecule has 11 atom stereocenters. The third kappa shape index (κ3) is 21.0. The van der Waals surface area contributed by atoms with Crippen LogP contribution in [0.5, 0.6) is 0 Å². The molecule has 85 heavy (non-hydrogen) atoms. The van der Waals surface area contributed by atoms with Crippen LogP contribution in [0.3, 0.4) is 0 Å². The Morgan fingerprint density at radius 3 is 1.18 bits per heavy atom. The number of hydrogen-bond donors (Lipinski definition) is 2. The fraction of sp³-hybridized carbons (Fsp3) is 0.426. The van der Waals surface area contributed by atoms with Gasteiger partial charge in [0, 0.05) is 6.92 Å². The van der Waals surface area contributed by atoms with Crippen LogP contribution in [0, 0.1) is 0 Å². The monoisotopic (exact) mass is 1170 g/mol. The molecule has 0 radical (unpaired) electrons. The quantitative estimate of drug-likeness (QED) is 0.0442. The van der Waals surface area contributed by atoms with E-state index in [1.807, 2.05) is 182 Å². The number of carbonyl (C=O) groups excluding carboxylic acids is 3. The number of benzene rings is 6. The highest BCUT2D eigenvalue weighted by molar-refractivity contribution is 5.82. The van der Waals surface area contributed by atoms with Gasteiger partial charge in [0.05, 0.1) is 59.5 Å². The van der Waals surface area contributed by atoms with Crippen molar-refractivity contribution in [3.63, 3.8) is 0 Å². The van der Waals surface area contributed by atoms with Gasteiger partial charge in [-0.2, -0.15) is 0 Å². The number of hydrogen-bond acceptors (Lipinski definition) is 15. The van der Waals surface area contributed by atoms with Crippen LogP contribution in [0.15, 0.2) is 182 Å². The molecule has 2 fully saturated rings. The van der Waals surface area contributed by atoms with Gasteiger partial charge in [-0.1, -0.05) is 182 Å². The van der Waals surface area contributed by atoms with Crippen LogP contribution >= 0.6 is 0 Å². The van der Waals surface area contributed by atoms with E-state index < -0.39 is 103 Å². The Morgan fingerprint density at radius 2 is 0.788 bits per heavy atom. The minimum absolute atomic E-state index is 0.0278. The van der Waals surface area contributed by atoms with E-state index in [-0.39, 0.29) is 52.9 Å². The lowest BCUT2D eigenvalue weighted by atomic mass is 9.94. The van der Waals surface area contributed by atoms with E-state index in [1.54, 1.807) is 41.5 Å². The highest BCUT2D eigenvalue weighted by atomic mass is 16.7. The Kier molecular flexibility index (Phi) is 24.2. The first-order chi connectivity index (χ1) is 41.0. The van der Waals surface area contributed by atoms with Crippen LogP contribution < -0.4 is 10.6 Å². The molecule has 2 aliphatic heterocycles. The SMILES string of the molecule is CC(=O)N[C@H]1[C@@H](OC[C@H](NC(=O)OC(C)(C)C)C(=O)OC(C)(C)C)O[C@H](COCc2ccccc2)[C@H](OCc2ccccc2)[C@@H]1O[C@@H]1O[C@H](COCc2ccccc2)[C@H](OCc2ccccc2)[C@H](OCc2ccccc2)[C@H]1OCc1ccccc1. The highest BCUT2D eigenvalue weighted by Crippen LogP contribution is 2.36. The van der Waals surface area contributed by atoms with Crippen molar-refractivity contribution in [1.82, 2.24) is 10.6 Å². The number of amides is 2. The molecule has 2 saturated heterocycles. The van der Waals surface area contributed by atoms with E-state index in [2.05, 4.69) is 10.6 Å². The van der Waals surface area contributed by atoms with Crippen molar-refractivity contribution in [3.8, 4) is 0 Å². The van der Waals surface area contributed by atoms with Crippen molar-refractivity contribution in [3.05, 3.63) is 215 Å². The van der Waals surface area contributed by atoms with Gasteiger partial charge >= 0.3 is 12.1 Å². The molecule has 6 aromatic rings. The fourth-order valence-electron chi connectivity index (χ4n) is 9.76. The molecule has 0 aromatic heterocycles. The fourth-order valence-corrected chi connectivity index (χ4v) is 9.76. The first-order valence-corrected chi connectivity index (χ1v) is 29.0. The number of nitrogens with one attached hydrogen (secondary N) is 2. The van der Waals surface area contributed by atoms with Gasteiger partial charge in [-0.25, -0.2) is 9.59 Å². The zero-order valence-electron chi connectivity index (χ0n) is 49.7. The molecule has 0 saturated carbocycles. The number of esters is 1. The molecular weight excluding hydrogens is 1080 g/mol. The maximum atomic E-state index is 14.0. The second-order valence-corrected chi connectivity index (χ2v) is 23.0. The van der Waals surface area contributed by atoms with Crippen LogP contribution in [-0.4, -0.2) is 116 Å². The van der Waals surface area contributed by atoms with Gasteiger partial charge in [0.2, 0.25) is 5.91 Å². The summed E-state index contributed by atoms with van der Waals surface area (Å²) in [4.78, 5) is 41.3. The Bertz CT molecular complexity index is 2900. The standard InChI is InChI=1S/C68H82N2O15/c1-47(71)69-57-60(58(76-40-50-30-18-10-19-31-50)55(45-74-38-48-26-14-8-15-27-48)81-64(57)80-44-54(63(72)84-67(2,3)4)70-66(73)85-68(5,6)7)83-65-62(79-43-53-36-24-13-25-37-53)61(78-42-52-34-22-12-23-35-52)59(77-41-51-32-20-11-21-33-51)56(82-65)46-75-39-49-28-16-9-17-29-49/h8-37,54-62,64-65H,38-46H2,1-7H3,(H,69,71)(H,70,73)/t54-,55+,56+,57+,58-,59-,60+,61-,62+,64-,65-/m0/s1. The second-order valence-electron chi connectivity index (χ2n) is 23.0. The van der Waals surface area contributed by atoms with Gasteiger partial charge < -0.3 is 67.5 Å². The summed E-state index contributed by atoms with van der Waals surface area (Å²) in [5.74, 6) is -1.27. The molecule has 8 rings (SSSR count). The number of ether oxygens (including phenoxy) is 12. The minimum Gasteiger partial charge on any atom is -0.458 e. The average molecular weight is 1170 g/mol. The van der Waals surface area contributed by atoms with Crippen molar-refractivity contribution in [2.75, 3.05) is 19.8 Å². The number of rotatable bonds is 28. The number of carbonyl (C=O) groups is 3. The van der Waals surface area contributed by atoms with Gasteiger partial charge in [-0.15, -0.1) is 0 Å². The third-order valence-electron chi connectivity index (χ3n) is 13.6. The van der Waals surface area contributed by atoms with E-state index in [0.717, 1.165) is 33.4 Å². The highest BCUT2D eigenvalue weighted by Gasteiger charge is 2.55. The van der Waals surface area contributed by atoms with Crippen LogP contribution in [0.4, 0.5) is 4.79 Å². The summed E-state index contributed by atoms with van der Waals surface area (Å²) in [6, 6.07) is 55.9. The van der Waals surface area contributed by atoms with E-state index >= 15 is 0 Å². The molecule has 2 N–H and O–H groups in total. The summed E-state index contributed by atoms with van der Waals surface area (Å²) in [7, 11) is 0. The number of alkyl carbamates (subject to hydrolysis) is 1. The van der Waals surface area contributed by atoms with Crippen LogP contribution in [0.2, 0.25) is 0 Å². The lowest BCUT2D eigenvalue weighted by Gasteiger charge is -2.50. The van der Waals surface area contributed by atoms with E-state index in [4.69, 9.17) is 56.8 Å².